The molecule has 5 rings (SSSR count). The van der Waals surface area contributed by atoms with Crippen LogP contribution < -0.4 is 11.1 Å². The van der Waals surface area contributed by atoms with E-state index in [2.05, 4.69) is 5.32 Å². The third-order valence-electron chi connectivity index (χ3n) is 6.72. The predicted octanol–water partition coefficient (Wildman–Crippen LogP) is 1.91. The lowest BCUT2D eigenvalue weighted by Gasteiger charge is -2.56. The normalized spacial score (nSPS) is 51.6. The maximum atomic E-state index is 11.6. The third kappa shape index (κ3) is 1.93. The molecule has 106 valence electrons. The minimum atomic E-state index is 0.0805. The van der Waals surface area contributed by atoms with E-state index in [0.717, 1.165) is 36.1 Å². The lowest BCUT2D eigenvalue weighted by molar-refractivity contribution is -0.120. The number of nitrogens with one attached hydrogen (secondary N) is 1. The summed E-state index contributed by atoms with van der Waals surface area (Å²) in [5, 5.41) is 3.02. The first kappa shape index (κ1) is 12.2. The van der Waals surface area contributed by atoms with Crippen LogP contribution in [-0.2, 0) is 4.79 Å². The number of carbonyl (C=O) groups is 1. The van der Waals surface area contributed by atoms with E-state index in [4.69, 9.17) is 5.73 Å². The number of carbonyl (C=O) groups excluding carboxylic acids is 1. The van der Waals surface area contributed by atoms with Crippen molar-refractivity contribution < 1.29 is 4.79 Å². The molecule has 1 saturated heterocycles. The van der Waals surface area contributed by atoms with Gasteiger partial charge in [0.2, 0.25) is 5.91 Å². The zero-order chi connectivity index (χ0) is 13.0. The molecule has 4 saturated carbocycles. The fourth-order valence-corrected chi connectivity index (χ4v) is 5.99. The van der Waals surface area contributed by atoms with Crippen LogP contribution >= 0.6 is 0 Å². The van der Waals surface area contributed by atoms with E-state index in [9.17, 15) is 4.79 Å². The molecule has 1 amide bonds. The van der Waals surface area contributed by atoms with Gasteiger partial charge in [-0.15, -0.1) is 0 Å². The highest BCUT2D eigenvalue weighted by molar-refractivity contribution is 5.79. The Morgan fingerprint density at radius 3 is 2.21 bits per heavy atom. The van der Waals surface area contributed by atoms with Crippen LogP contribution in [0, 0.1) is 35.0 Å². The van der Waals surface area contributed by atoms with E-state index in [-0.39, 0.29) is 11.3 Å². The molecule has 0 aromatic rings. The van der Waals surface area contributed by atoms with Gasteiger partial charge in [-0.1, -0.05) is 0 Å². The Labute approximate surface area is 115 Å². The first-order valence-electron chi connectivity index (χ1n) is 8.14. The molecule has 3 nitrogen and oxygen atoms in total. The van der Waals surface area contributed by atoms with Crippen molar-refractivity contribution in [2.24, 2.45) is 40.7 Å². The summed E-state index contributed by atoms with van der Waals surface area (Å²) in [7, 11) is 0. The van der Waals surface area contributed by atoms with Crippen LogP contribution in [0.5, 0.6) is 0 Å². The third-order valence-corrected chi connectivity index (χ3v) is 6.72. The molecule has 0 spiro atoms. The predicted molar refractivity (Wildman–Crippen MR) is 74.3 cm³/mol. The molecule has 0 aromatic carbocycles. The Morgan fingerprint density at radius 2 is 1.74 bits per heavy atom. The van der Waals surface area contributed by atoms with E-state index in [0.29, 0.717) is 13.0 Å². The Morgan fingerprint density at radius 1 is 1.11 bits per heavy atom. The summed E-state index contributed by atoms with van der Waals surface area (Å²) in [5.74, 6) is 5.07. The van der Waals surface area contributed by atoms with Crippen molar-refractivity contribution in [1.82, 2.24) is 5.32 Å². The van der Waals surface area contributed by atoms with Crippen molar-refractivity contribution in [3.05, 3.63) is 0 Å². The molecule has 5 fully saturated rings. The fourth-order valence-electron chi connectivity index (χ4n) is 5.99. The molecule has 3 heteroatoms. The van der Waals surface area contributed by atoms with Crippen molar-refractivity contribution in [2.45, 2.75) is 44.9 Å². The van der Waals surface area contributed by atoms with Crippen LogP contribution in [0.4, 0.5) is 0 Å². The minimum absolute atomic E-state index is 0.0805. The van der Waals surface area contributed by atoms with Crippen LogP contribution in [0.1, 0.15) is 44.9 Å². The standard InChI is InChI=1S/C16H26N2O/c17-8-16(7-15(19)18-9-16)6-14-12-2-10-1-11(4-12)5-13(14)3-10/h10-14H,1-9,17H2,(H,18,19). The Kier molecular flexibility index (Phi) is 2.70. The Balaban J connectivity index is 1.52. The van der Waals surface area contributed by atoms with Gasteiger partial charge >= 0.3 is 0 Å². The second-order valence-electron chi connectivity index (χ2n) is 7.96. The monoisotopic (exact) mass is 262 g/mol. The van der Waals surface area contributed by atoms with Gasteiger partial charge < -0.3 is 11.1 Å². The van der Waals surface area contributed by atoms with E-state index in [1.165, 1.54) is 38.5 Å². The quantitative estimate of drug-likeness (QED) is 0.816. The Hall–Kier alpha value is -0.570. The average Bonchev–Trinajstić information content (AvgIpc) is 2.75. The summed E-state index contributed by atoms with van der Waals surface area (Å²) in [6.07, 6.45) is 9.28. The molecule has 4 aliphatic carbocycles. The van der Waals surface area contributed by atoms with Gasteiger partial charge in [-0.3, -0.25) is 4.79 Å². The molecule has 0 radical (unpaired) electrons. The fraction of sp³-hybridized carbons (Fsp3) is 0.938. The highest BCUT2D eigenvalue weighted by atomic mass is 16.1. The first-order valence-corrected chi connectivity index (χ1v) is 8.14. The van der Waals surface area contributed by atoms with Gasteiger partial charge in [0.25, 0.3) is 0 Å². The molecule has 1 unspecified atom stereocenters. The topological polar surface area (TPSA) is 55.1 Å². The van der Waals surface area contributed by atoms with Gasteiger partial charge in [-0.25, -0.2) is 0 Å². The highest BCUT2D eigenvalue weighted by Crippen LogP contribution is 2.59. The molecule has 1 atom stereocenters. The summed E-state index contributed by atoms with van der Waals surface area (Å²) < 4.78 is 0. The number of amides is 1. The smallest absolute Gasteiger partial charge is 0.220 e. The maximum Gasteiger partial charge on any atom is 0.220 e. The number of rotatable bonds is 3. The molecule has 1 heterocycles. The minimum Gasteiger partial charge on any atom is -0.355 e. The van der Waals surface area contributed by atoms with Gasteiger partial charge in [0.1, 0.15) is 0 Å². The van der Waals surface area contributed by atoms with Crippen LogP contribution in [0.15, 0.2) is 0 Å². The average molecular weight is 262 g/mol. The van der Waals surface area contributed by atoms with E-state index >= 15 is 0 Å². The first-order chi connectivity index (χ1) is 9.17. The van der Waals surface area contributed by atoms with Gasteiger partial charge in [0, 0.05) is 24.9 Å². The summed E-state index contributed by atoms with van der Waals surface area (Å²) in [4.78, 5) is 11.6. The van der Waals surface area contributed by atoms with Gasteiger partial charge in [0.05, 0.1) is 0 Å². The van der Waals surface area contributed by atoms with Crippen molar-refractivity contribution >= 4 is 5.91 Å². The lowest BCUT2D eigenvalue weighted by atomic mass is 9.50. The zero-order valence-electron chi connectivity index (χ0n) is 11.7. The second kappa shape index (κ2) is 4.21. The van der Waals surface area contributed by atoms with Crippen molar-refractivity contribution in [3.8, 4) is 0 Å². The Bertz CT molecular complexity index is 366. The second-order valence-corrected chi connectivity index (χ2v) is 7.96. The van der Waals surface area contributed by atoms with Gasteiger partial charge in [0.15, 0.2) is 0 Å². The molecular formula is C16H26N2O. The molecule has 4 bridgehead atoms. The number of hydrogen-bond acceptors (Lipinski definition) is 2. The highest BCUT2D eigenvalue weighted by Gasteiger charge is 2.51. The van der Waals surface area contributed by atoms with Gasteiger partial charge in [-0.05, 0) is 68.1 Å². The summed E-state index contributed by atoms with van der Waals surface area (Å²) in [6.45, 7) is 1.50. The summed E-state index contributed by atoms with van der Waals surface area (Å²) in [5.41, 5.74) is 6.12. The van der Waals surface area contributed by atoms with Gasteiger partial charge in [-0.2, -0.15) is 0 Å². The molecule has 3 N–H and O–H groups in total. The zero-order valence-corrected chi connectivity index (χ0v) is 11.7. The summed E-state index contributed by atoms with van der Waals surface area (Å²) >= 11 is 0. The molecule has 19 heavy (non-hydrogen) atoms. The molecule has 5 aliphatic rings. The van der Waals surface area contributed by atoms with Crippen LogP contribution in [-0.4, -0.2) is 19.0 Å². The molecule has 1 aliphatic heterocycles. The maximum absolute atomic E-state index is 11.6. The number of hydrogen-bond donors (Lipinski definition) is 2. The molecule has 0 aromatic heterocycles. The van der Waals surface area contributed by atoms with E-state index in [1.54, 1.807) is 0 Å². The van der Waals surface area contributed by atoms with Crippen LogP contribution in [0.2, 0.25) is 0 Å². The van der Waals surface area contributed by atoms with Crippen LogP contribution in [0.3, 0.4) is 0 Å². The molecular weight excluding hydrogens is 236 g/mol. The van der Waals surface area contributed by atoms with Crippen molar-refractivity contribution in [2.75, 3.05) is 13.1 Å². The van der Waals surface area contributed by atoms with Crippen molar-refractivity contribution in [3.63, 3.8) is 0 Å². The lowest BCUT2D eigenvalue weighted by Crippen LogP contribution is -2.48. The van der Waals surface area contributed by atoms with Crippen molar-refractivity contribution in [1.29, 1.82) is 0 Å². The SMILES string of the molecule is NCC1(CC2C3CC4CC(C3)CC2C4)CNC(=O)C1. The number of nitrogens with two attached hydrogens (primary N) is 1. The van der Waals surface area contributed by atoms with Crippen LogP contribution in [0.25, 0.3) is 0 Å². The largest absolute Gasteiger partial charge is 0.355 e. The van der Waals surface area contributed by atoms with E-state index < -0.39 is 0 Å². The summed E-state index contributed by atoms with van der Waals surface area (Å²) in [6, 6.07) is 0. The van der Waals surface area contributed by atoms with E-state index in [1.807, 2.05) is 0 Å².